The zero-order valence-corrected chi connectivity index (χ0v) is 12.2. The summed E-state index contributed by atoms with van der Waals surface area (Å²) in [5, 5.41) is 2.69. The van der Waals surface area contributed by atoms with E-state index in [2.05, 4.69) is 5.32 Å². The van der Waals surface area contributed by atoms with Gasteiger partial charge in [0.2, 0.25) is 5.91 Å². The first-order valence-corrected chi connectivity index (χ1v) is 7.77. The van der Waals surface area contributed by atoms with Crippen LogP contribution in [0.3, 0.4) is 0 Å². The molecule has 0 aliphatic carbocycles. The van der Waals surface area contributed by atoms with Gasteiger partial charge in [-0.05, 0) is 36.2 Å². The normalized spacial score (nSPS) is 11.8. The first kappa shape index (κ1) is 14.5. The van der Waals surface area contributed by atoms with Gasteiger partial charge in [-0.15, -0.1) is 0 Å². The van der Waals surface area contributed by atoms with Crippen LogP contribution >= 0.6 is 0 Å². The highest BCUT2D eigenvalue weighted by Crippen LogP contribution is 2.14. The van der Waals surface area contributed by atoms with Crippen LogP contribution in [0.25, 0.3) is 0 Å². The molecule has 0 spiro atoms. The molecule has 3 nitrogen and oxygen atoms in total. The molecule has 2 aromatic carbocycles. The number of hydrogen-bond donors (Lipinski definition) is 1. The molecule has 20 heavy (non-hydrogen) atoms. The van der Waals surface area contributed by atoms with Crippen LogP contribution < -0.4 is 5.32 Å². The van der Waals surface area contributed by atoms with E-state index in [0.717, 1.165) is 17.0 Å². The largest absolute Gasteiger partial charge is 0.326 e. The second-order valence-electron chi connectivity index (χ2n) is 4.49. The lowest BCUT2D eigenvalue weighted by atomic mass is 10.2. The molecule has 0 aromatic heterocycles. The van der Waals surface area contributed by atoms with Crippen molar-refractivity contribution in [1.82, 2.24) is 0 Å². The fourth-order valence-electron chi connectivity index (χ4n) is 1.87. The number of rotatable bonds is 5. The molecule has 0 bridgehead atoms. The van der Waals surface area contributed by atoms with Crippen molar-refractivity contribution in [2.24, 2.45) is 0 Å². The first-order chi connectivity index (χ1) is 9.65. The maximum Gasteiger partial charge on any atom is 0.221 e. The van der Waals surface area contributed by atoms with E-state index in [9.17, 15) is 9.00 Å². The molecule has 1 atom stereocenters. The van der Waals surface area contributed by atoms with Crippen LogP contribution in [0.2, 0.25) is 0 Å². The summed E-state index contributed by atoms with van der Waals surface area (Å²) >= 11 is 0. The Labute approximate surface area is 121 Å². The summed E-state index contributed by atoms with van der Waals surface area (Å²) in [6.07, 6.45) is 0.793. The zero-order valence-electron chi connectivity index (χ0n) is 11.3. The third-order valence-electron chi connectivity index (χ3n) is 2.86. The Morgan fingerprint density at radius 2 is 1.70 bits per heavy atom. The highest BCUT2D eigenvalue weighted by Gasteiger charge is 2.05. The average molecular weight is 287 g/mol. The molecule has 0 aliphatic rings. The van der Waals surface area contributed by atoms with E-state index in [1.54, 1.807) is 24.3 Å². The first-order valence-electron chi connectivity index (χ1n) is 6.45. The fraction of sp³-hybridized carbons (Fsp3) is 0.188. The van der Waals surface area contributed by atoms with Gasteiger partial charge in [0.1, 0.15) is 0 Å². The van der Waals surface area contributed by atoms with E-state index in [-0.39, 0.29) is 5.91 Å². The minimum absolute atomic E-state index is 0.108. The molecular weight excluding hydrogens is 270 g/mol. The molecule has 1 amide bonds. The van der Waals surface area contributed by atoms with E-state index >= 15 is 0 Å². The Morgan fingerprint density at radius 1 is 1.05 bits per heavy atom. The Hall–Kier alpha value is -1.94. The van der Waals surface area contributed by atoms with E-state index in [1.165, 1.54) is 12.5 Å². The molecule has 0 saturated heterocycles. The SMILES string of the molecule is CC(=O)Nc1ccc(S(=O)CCc2ccccc2)cc1. The fourth-order valence-corrected chi connectivity index (χ4v) is 2.96. The molecule has 0 saturated carbocycles. The van der Waals surface area contributed by atoms with Gasteiger partial charge < -0.3 is 5.32 Å². The molecule has 1 unspecified atom stereocenters. The second kappa shape index (κ2) is 7.01. The number of carbonyl (C=O) groups is 1. The molecule has 2 rings (SSSR count). The molecule has 0 fully saturated rings. The predicted octanol–water partition coefficient (Wildman–Crippen LogP) is 3.00. The van der Waals surface area contributed by atoms with Crippen LogP contribution in [0.4, 0.5) is 5.69 Å². The van der Waals surface area contributed by atoms with Gasteiger partial charge in [0, 0.05) is 23.3 Å². The number of hydrogen-bond acceptors (Lipinski definition) is 2. The maximum atomic E-state index is 12.2. The van der Waals surface area contributed by atoms with Crippen molar-refractivity contribution in [3.63, 3.8) is 0 Å². The van der Waals surface area contributed by atoms with Crippen molar-refractivity contribution in [3.8, 4) is 0 Å². The Balaban J connectivity index is 1.94. The summed E-state index contributed by atoms with van der Waals surface area (Å²) < 4.78 is 12.2. The van der Waals surface area contributed by atoms with Crippen molar-refractivity contribution in [2.45, 2.75) is 18.2 Å². The topological polar surface area (TPSA) is 46.2 Å². The third-order valence-corrected chi connectivity index (χ3v) is 4.23. The van der Waals surface area contributed by atoms with Crippen LogP contribution in [0, 0.1) is 0 Å². The molecule has 104 valence electrons. The molecule has 2 aromatic rings. The van der Waals surface area contributed by atoms with Crippen molar-refractivity contribution in [1.29, 1.82) is 0 Å². The van der Waals surface area contributed by atoms with Crippen LogP contribution in [0.5, 0.6) is 0 Å². The summed E-state index contributed by atoms with van der Waals surface area (Å²) in [6.45, 7) is 1.46. The number of benzene rings is 2. The van der Waals surface area contributed by atoms with Crippen molar-refractivity contribution >= 4 is 22.4 Å². The Bertz CT molecular complexity index is 594. The standard InChI is InChI=1S/C16H17NO2S/c1-13(18)17-15-7-9-16(10-8-15)20(19)12-11-14-5-3-2-4-6-14/h2-10H,11-12H2,1H3,(H,17,18). The Morgan fingerprint density at radius 3 is 2.30 bits per heavy atom. The van der Waals surface area contributed by atoms with Crippen molar-refractivity contribution < 1.29 is 9.00 Å². The lowest BCUT2D eigenvalue weighted by Crippen LogP contribution is -2.06. The minimum Gasteiger partial charge on any atom is -0.326 e. The van der Waals surface area contributed by atoms with E-state index in [1.807, 2.05) is 30.3 Å². The molecule has 1 N–H and O–H groups in total. The molecule has 0 aliphatic heterocycles. The number of anilines is 1. The van der Waals surface area contributed by atoms with E-state index in [4.69, 9.17) is 0 Å². The van der Waals surface area contributed by atoms with Gasteiger partial charge in [-0.1, -0.05) is 30.3 Å². The maximum absolute atomic E-state index is 12.2. The number of aryl methyl sites for hydroxylation is 1. The Kier molecular flexibility index (Phi) is 5.07. The van der Waals surface area contributed by atoms with Gasteiger partial charge in [0.05, 0.1) is 10.8 Å². The van der Waals surface area contributed by atoms with Crippen molar-refractivity contribution in [2.75, 3.05) is 11.1 Å². The lowest BCUT2D eigenvalue weighted by molar-refractivity contribution is -0.114. The smallest absolute Gasteiger partial charge is 0.221 e. The monoisotopic (exact) mass is 287 g/mol. The number of carbonyl (C=O) groups excluding carboxylic acids is 1. The molecule has 0 radical (unpaired) electrons. The van der Waals surface area contributed by atoms with Crippen molar-refractivity contribution in [3.05, 3.63) is 60.2 Å². The summed E-state index contributed by atoms with van der Waals surface area (Å²) in [7, 11) is -1.02. The van der Waals surface area contributed by atoms with Crippen LogP contribution in [-0.4, -0.2) is 15.9 Å². The van der Waals surface area contributed by atoms with E-state index < -0.39 is 10.8 Å². The molecule has 0 heterocycles. The van der Waals surface area contributed by atoms with Gasteiger partial charge in [-0.2, -0.15) is 0 Å². The average Bonchev–Trinajstić information content (AvgIpc) is 2.46. The number of nitrogens with one attached hydrogen (secondary N) is 1. The van der Waals surface area contributed by atoms with Gasteiger partial charge in [0.15, 0.2) is 0 Å². The van der Waals surface area contributed by atoms with Gasteiger partial charge in [-0.25, -0.2) is 0 Å². The van der Waals surface area contributed by atoms with Gasteiger partial charge in [0.25, 0.3) is 0 Å². The zero-order chi connectivity index (χ0) is 14.4. The van der Waals surface area contributed by atoms with Gasteiger partial charge in [-0.3, -0.25) is 9.00 Å². The third kappa shape index (κ3) is 4.31. The predicted molar refractivity (Wildman–Crippen MR) is 82.2 cm³/mol. The van der Waals surface area contributed by atoms with Crippen LogP contribution in [0.1, 0.15) is 12.5 Å². The summed E-state index contributed by atoms with van der Waals surface area (Å²) in [6, 6.07) is 17.2. The molecular formula is C16H17NO2S. The summed E-state index contributed by atoms with van der Waals surface area (Å²) in [4.78, 5) is 11.7. The molecule has 4 heteroatoms. The van der Waals surface area contributed by atoms with Crippen LogP contribution in [-0.2, 0) is 22.0 Å². The highest BCUT2D eigenvalue weighted by atomic mass is 32.2. The summed E-state index contributed by atoms with van der Waals surface area (Å²) in [5.41, 5.74) is 1.91. The highest BCUT2D eigenvalue weighted by molar-refractivity contribution is 7.85. The second-order valence-corrected chi connectivity index (χ2v) is 6.06. The van der Waals surface area contributed by atoms with E-state index in [0.29, 0.717) is 5.75 Å². The lowest BCUT2D eigenvalue weighted by Gasteiger charge is -2.05. The minimum atomic E-state index is -1.02. The quantitative estimate of drug-likeness (QED) is 0.919. The van der Waals surface area contributed by atoms with Crippen LogP contribution in [0.15, 0.2) is 59.5 Å². The summed E-state index contributed by atoms with van der Waals surface area (Å²) in [5.74, 6) is 0.492. The van der Waals surface area contributed by atoms with Gasteiger partial charge >= 0.3 is 0 Å². The number of amides is 1.